The van der Waals surface area contributed by atoms with Gasteiger partial charge in [-0.15, -0.1) is 0 Å². The maximum absolute atomic E-state index is 12.2. The Labute approximate surface area is 123 Å². The number of piperidine rings is 1. The van der Waals surface area contributed by atoms with Crippen molar-refractivity contribution in [3.63, 3.8) is 0 Å². The van der Waals surface area contributed by atoms with E-state index in [9.17, 15) is 14.4 Å². The molecule has 0 aromatic carbocycles. The van der Waals surface area contributed by atoms with E-state index in [1.54, 1.807) is 4.90 Å². The molecular formula is C15H20N2O4. The molecular weight excluding hydrogens is 272 g/mol. The van der Waals surface area contributed by atoms with Gasteiger partial charge in [-0.05, 0) is 45.2 Å². The van der Waals surface area contributed by atoms with Crippen molar-refractivity contribution in [2.24, 2.45) is 0 Å². The molecule has 0 saturated carbocycles. The van der Waals surface area contributed by atoms with Gasteiger partial charge < -0.3 is 14.6 Å². The number of carbonyl (C=O) groups excluding carboxylic acids is 2. The normalized spacial score (nSPS) is 21.9. The van der Waals surface area contributed by atoms with E-state index in [0.29, 0.717) is 0 Å². The third kappa shape index (κ3) is 3.51. The van der Waals surface area contributed by atoms with Gasteiger partial charge in [-0.3, -0.25) is 9.59 Å². The Bertz CT molecular complexity index is 571. The zero-order chi connectivity index (χ0) is 15.4. The quantitative estimate of drug-likeness (QED) is 0.852. The lowest BCUT2D eigenvalue weighted by atomic mass is 9.97. The van der Waals surface area contributed by atoms with Crippen LogP contribution in [0.15, 0.2) is 23.1 Å². The smallest absolute Gasteiger partial charge is 0.344 e. The first-order valence-electron chi connectivity index (χ1n) is 7.16. The van der Waals surface area contributed by atoms with Gasteiger partial charge >= 0.3 is 5.97 Å². The van der Waals surface area contributed by atoms with Crippen molar-refractivity contribution in [3.05, 3.63) is 34.2 Å². The van der Waals surface area contributed by atoms with Crippen LogP contribution in [0.2, 0.25) is 0 Å². The molecule has 1 N–H and O–H groups in total. The SMILES string of the molecule is C[C@H]1CCC[C@H](C)N1C(=O)COC(=O)c1ccc[nH]c1=O. The number of ether oxygens (including phenoxy) is 1. The van der Waals surface area contributed by atoms with Gasteiger partial charge in [-0.1, -0.05) is 0 Å². The number of hydrogen-bond acceptors (Lipinski definition) is 4. The molecule has 0 spiro atoms. The number of nitrogens with zero attached hydrogens (tertiary/aromatic N) is 1. The minimum atomic E-state index is -0.775. The van der Waals surface area contributed by atoms with E-state index in [2.05, 4.69) is 4.98 Å². The van der Waals surface area contributed by atoms with E-state index in [-0.39, 0.29) is 30.2 Å². The van der Waals surface area contributed by atoms with Gasteiger partial charge in [0.1, 0.15) is 5.56 Å². The van der Waals surface area contributed by atoms with Crippen LogP contribution in [0.5, 0.6) is 0 Å². The molecule has 0 aliphatic carbocycles. The second-order valence-corrected chi connectivity index (χ2v) is 5.42. The van der Waals surface area contributed by atoms with Gasteiger partial charge in [-0.2, -0.15) is 0 Å². The second-order valence-electron chi connectivity index (χ2n) is 5.42. The van der Waals surface area contributed by atoms with E-state index >= 15 is 0 Å². The van der Waals surface area contributed by atoms with E-state index in [1.165, 1.54) is 18.3 Å². The summed E-state index contributed by atoms with van der Waals surface area (Å²) in [5, 5.41) is 0. The summed E-state index contributed by atoms with van der Waals surface area (Å²) >= 11 is 0. The highest BCUT2D eigenvalue weighted by molar-refractivity contribution is 5.91. The molecule has 2 heterocycles. The average Bonchev–Trinajstić information content (AvgIpc) is 2.45. The summed E-state index contributed by atoms with van der Waals surface area (Å²) < 4.78 is 4.97. The molecule has 6 nitrogen and oxygen atoms in total. The minimum absolute atomic E-state index is 0.0926. The molecule has 1 aliphatic rings. The van der Waals surface area contributed by atoms with Crippen LogP contribution in [0.25, 0.3) is 0 Å². The second kappa shape index (κ2) is 6.56. The Kier molecular flexibility index (Phi) is 4.77. The third-order valence-electron chi connectivity index (χ3n) is 3.85. The molecule has 1 aliphatic heterocycles. The lowest BCUT2D eigenvalue weighted by molar-refractivity contribution is -0.140. The number of H-pyrrole nitrogens is 1. The van der Waals surface area contributed by atoms with Crippen LogP contribution < -0.4 is 5.56 Å². The van der Waals surface area contributed by atoms with E-state index in [1.807, 2.05) is 13.8 Å². The Balaban J connectivity index is 1.96. The molecule has 0 bridgehead atoms. The van der Waals surface area contributed by atoms with Crippen LogP contribution in [0, 0.1) is 0 Å². The molecule has 2 rings (SSSR count). The highest BCUT2D eigenvalue weighted by Crippen LogP contribution is 2.22. The maximum atomic E-state index is 12.2. The molecule has 114 valence electrons. The summed E-state index contributed by atoms with van der Waals surface area (Å²) in [6, 6.07) is 3.21. The molecule has 1 aromatic heterocycles. The number of likely N-dealkylation sites (tertiary alicyclic amines) is 1. The number of aromatic amines is 1. The van der Waals surface area contributed by atoms with Gasteiger partial charge in [0, 0.05) is 18.3 Å². The Morgan fingerprint density at radius 3 is 2.62 bits per heavy atom. The Hall–Kier alpha value is -2.11. The van der Waals surface area contributed by atoms with Crippen LogP contribution >= 0.6 is 0 Å². The van der Waals surface area contributed by atoms with Crippen LogP contribution in [0.3, 0.4) is 0 Å². The summed E-state index contributed by atoms with van der Waals surface area (Å²) in [5.74, 6) is -0.988. The fourth-order valence-corrected chi connectivity index (χ4v) is 2.77. The summed E-state index contributed by atoms with van der Waals surface area (Å²) in [7, 11) is 0. The van der Waals surface area contributed by atoms with E-state index in [0.717, 1.165) is 19.3 Å². The van der Waals surface area contributed by atoms with Gasteiger partial charge in [0.15, 0.2) is 6.61 Å². The number of rotatable bonds is 3. The van der Waals surface area contributed by atoms with Crippen molar-refractivity contribution >= 4 is 11.9 Å². The molecule has 1 amide bonds. The molecule has 0 radical (unpaired) electrons. The first kappa shape index (κ1) is 15.3. The first-order chi connectivity index (χ1) is 10.0. The number of pyridine rings is 1. The predicted octanol–water partition coefficient (Wildman–Crippen LogP) is 1.32. The standard InChI is InChI=1S/C15H20N2O4/c1-10-5-3-6-11(2)17(10)13(18)9-21-15(20)12-7-4-8-16-14(12)19/h4,7-8,10-11H,3,5-6,9H2,1-2H3,(H,16,19)/t10-,11-/m0/s1. The Morgan fingerprint density at radius 2 is 2.00 bits per heavy atom. The molecule has 2 atom stereocenters. The number of amides is 1. The van der Waals surface area contributed by atoms with Crippen molar-refractivity contribution in [3.8, 4) is 0 Å². The van der Waals surface area contributed by atoms with E-state index in [4.69, 9.17) is 4.74 Å². The average molecular weight is 292 g/mol. The molecule has 1 fully saturated rings. The van der Waals surface area contributed by atoms with Crippen LogP contribution in [0.1, 0.15) is 43.5 Å². The van der Waals surface area contributed by atoms with Crippen LogP contribution in [-0.4, -0.2) is 40.5 Å². The Morgan fingerprint density at radius 1 is 1.33 bits per heavy atom. The molecule has 6 heteroatoms. The highest BCUT2D eigenvalue weighted by Gasteiger charge is 2.29. The largest absolute Gasteiger partial charge is 0.452 e. The molecule has 0 unspecified atom stereocenters. The summed E-state index contributed by atoms with van der Waals surface area (Å²) in [6.45, 7) is 3.66. The third-order valence-corrected chi connectivity index (χ3v) is 3.85. The fraction of sp³-hybridized carbons (Fsp3) is 0.533. The highest BCUT2D eigenvalue weighted by atomic mass is 16.5. The van der Waals surface area contributed by atoms with Crippen molar-refractivity contribution in [2.75, 3.05) is 6.61 Å². The zero-order valence-corrected chi connectivity index (χ0v) is 12.3. The summed E-state index contributed by atoms with van der Waals surface area (Å²) in [6.07, 6.45) is 4.46. The van der Waals surface area contributed by atoms with Gasteiger partial charge in [0.05, 0.1) is 0 Å². The topological polar surface area (TPSA) is 79.5 Å². The molecule has 1 saturated heterocycles. The van der Waals surface area contributed by atoms with Crippen molar-refractivity contribution < 1.29 is 14.3 Å². The number of aromatic nitrogens is 1. The number of hydrogen-bond donors (Lipinski definition) is 1. The lowest BCUT2D eigenvalue weighted by Crippen LogP contribution is -2.49. The molecule has 21 heavy (non-hydrogen) atoms. The fourth-order valence-electron chi connectivity index (χ4n) is 2.77. The lowest BCUT2D eigenvalue weighted by Gasteiger charge is -2.38. The summed E-state index contributed by atoms with van der Waals surface area (Å²) in [4.78, 5) is 39.6. The van der Waals surface area contributed by atoms with Crippen molar-refractivity contribution in [2.45, 2.75) is 45.2 Å². The van der Waals surface area contributed by atoms with Crippen molar-refractivity contribution in [1.82, 2.24) is 9.88 Å². The number of nitrogens with one attached hydrogen (secondary N) is 1. The minimum Gasteiger partial charge on any atom is -0.452 e. The van der Waals surface area contributed by atoms with Gasteiger partial charge in [0.25, 0.3) is 11.5 Å². The van der Waals surface area contributed by atoms with Crippen LogP contribution in [0.4, 0.5) is 0 Å². The van der Waals surface area contributed by atoms with Gasteiger partial charge in [0.2, 0.25) is 0 Å². The number of esters is 1. The van der Waals surface area contributed by atoms with Crippen molar-refractivity contribution in [1.29, 1.82) is 0 Å². The molecule has 1 aromatic rings. The van der Waals surface area contributed by atoms with Crippen LogP contribution in [-0.2, 0) is 9.53 Å². The maximum Gasteiger partial charge on any atom is 0.344 e. The predicted molar refractivity (Wildman–Crippen MR) is 77.0 cm³/mol. The summed E-state index contributed by atoms with van der Waals surface area (Å²) in [5.41, 5.74) is -0.611. The first-order valence-corrected chi connectivity index (χ1v) is 7.16. The van der Waals surface area contributed by atoms with E-state index < -0.39 is 11.5 Å². The zero-order valence-electron chi connectivity index (χ0n) is 12.3. The van der Waals surface area contributed by atoms with Gasteiger partial charge in [-0.25, -0.2) is 4.79 Å². The number of carbonyl (C=O) groups is 2. The monoisotopic (exact) mass is 292 g/mol.